The van der Waals surface area contributed by atoms with Crippen LogP contribution in [0.15, 0.2) is 24.3 Å². The fourth-order valence-corrected chi connectivity index (χ4v) is 2.56. The number of hydrogen-bond acceptors (Lipinski definition) is 3. The van der Waals surface area contributed by atoms with Crippen LogP contribution in [0.1, 0.15) is 13.3 Å². The Kier molecular flexibility index (Phi) is 9.06. The maximum Gasteiger partial charge on any atom is 0.224 e. The number of rotatable bonds is 3. The third-order valence-corrected chi connectivity index (χ3v) is 3.64. The molecular formula is C14H22Cl3N3O. The lowest BCUT2D eigenvalue weighted by Crippen LogP contribution is -2.49. The highest BCUT2D eigenvalue weighted by atomic mass is 35.5. The van der Waals surface area contributed by atoms with Gasteiger partial charge in [0, 0.05) is 38.6 Å². The molecule has 4 nitrogen and oxygen atoms in total. The number of nitrogens with two attached hydrogens (primary N) is 1. The van der Waals surface area contributed by atoms with Crippen LogP contribution in [0.2, 0.25) is 5.02 Å². The molecule has 1 unspecified atom stereocenters. The Bertz CT molecular complexity index is 449. The predicted octanol–water partition coefficient (Wildman–Crippen LogP) is 2.57. The van der Waals surface area contributed by atoms with Gasteiger partial charge in [-0.3, -0.25) is 4.79 Å². The summed E-state index contributed by atoms with van der Waals surface area (Å²) in [5.41, 5.74) is 6.71. The lowest BCUT2D eigenvalue weighted by atomic mass is 10.2. The molecule has 0 spiro atoms. The number of carbonyl (C=O) groups is 1. The van der Waals surface area contributed by atoms with Crippen LogP contribution in [0, 0.1) is 0 Å². The van der Waals surface area contributed by atoms with Crippen molar-refractivity contribution in [3.8, 4) is 0 Å². The van der Waals surface area contributed by atoms with E-state index >= 15 is 0 Å². The van der Waals surface area contributed by atoms with Crippen LogP contribution in [0.5, 0.6) is 0 Å². The maximum absolute atomic E-state index is 11.9. The van der Waals surface area contributed by atoms with E-state index in [-0.39, 0.29) is 36.8 Å². The van der Waals surface area contributed by atoms with E-state index in [2.05, 4.69) is 4.90 Å². The molecule has 0 radical (unpaired) electrons. The lowest BCUT2D eigenvalue weighted by Gasteiger charge is -2.36. The Balaban J connectivity index is 0.00000200. The van der Waals surface area contributed by atoms with Crippen molar-refractivity contribution >= 4 is 48.0 Å². The Morgan fingerprint density at radius 3 is 2.33 bits per heavy atom. The molecule has 0 aromatic heterocycles. The Hall–Kier alpha value is -0.680. The zero-order valence-electron chi connectivity index (χ0n) is 12.0. The van der Waals surface area contributed by atoms with Crippen LogP contribution < -0.4 is 10.6 Å². The molecule has 1 aromatic rings. The standard InChI is InChI=1S/C14H20ClN3O.2ClH/c1-11(16)10-14(19)18-8-6-17(7-9-18)13-5-3-2-4-12(13)15;;/h2-5,11H,6-10,16H2,1H3;2*1H. The van der Waals surface area contributed by atoms with E-state index in [0.29, 0.717) is 6.42 Å². The number of hydrogen-bond donors (Lipinski definition) is 1. The van der Waals surface area contributed by atoms with Crippen LogP contribution in [0.3, 0.4) is 0 Å². The number of anilines is 1. The van der Waals surface area contributed by atoms with E-state index in [0.717, 1.165) is 36.9 Å². The average Bonchev–Trinajstić information content (AvgIpc) is 2.39. The minimum absolute atomic E-state index is 0. The number of para-hydroxylation sites is 1. The average molecular weight is 355 g/mol. The summed E-state index contributed by atoms with van der Waals surface area (Å²) in [6.45, 7) is 4.95. The number of benzene rings is 1. The first-order valence-corrected chi connectivity index (χ1v) is 6.98. The van der Waals surface area contributed by atoms with Crippen molar-refractivity contribution in [1.82, 2.24) is 4.90 Å². The molecule has 1 fully saturated rings. The van der Waals surface area contributed by atoms with Crippen molar-refractivity contribution in [3.63, 3.8) is 0 Å². The molecule has 21 heavy (non-hydrogen) atoms. The van der Waals surface area contributed by atoms with Crippen LogP contribution >= 0.6 is 36.4 Å². The SMILES string of the molecule is CC(N)CC(=O)N1CCN(c2ccccc2Cl)CC1.Cl.Cl. The highest BCUT2D eigenvalue weighted by Crippen LogP contribution is 2.26. The summed E-state index contributed by atoms with van der Waals surface area (Å²) in [6, 6.07) is 7.74. The summed E-state index contributed by atoms with van der Waals surface area (Å²) in [5, 5.41) is 0.762. The van der Waals surface area contributed by atoms with Gasteiger partial charge in [0.15, 0.2) is 0 Å². The van der Waals surface area contributed by atoms with Crippen LogP contribution in [-0.4, -0.2) is 43.0 Å². The monoisotopic (exact) mass is 353 g/mol. The van der Waals surface area contributed by atoms with Gasteiger partial charge < -0.3 is 15.5 Å². The summed E-state index contributed by atoms with van der Waals surface area (Å²) < 4.78 is 0. The molecule has 1 saturated heterocycles. The fraction of sp³-hybridized carbons (Fsp3) is 0.500. The Morgan fingerprint density at radius 2 is 1.81 bits per heavy atom. The third kappa shape index (κ3) is 5.55. The number of halogens is 3. The van der Waals surface area contributed by atoms with Crippen molar-refractivity contribution < 1.29 is 4.79 Å². The molecular weight excluding hydrogens is 333 g/mol. The first-order valence-electron chi connectivity index (χ1n) is 6.61. The first kappa shape index (κ1) is 20.3. The lowest BCUT2D eigenvalue weighted by molar-refractivity contribution is -0.131. The Labute approximate surface area is 143 Å². The van der Waals surface area contributed by atoms with Gasteiger partial charge in [-0.05, 0) is 19.1 Å². The van der Waals surface area contributed by atoms with Gasteiger partial charge >= 0.3 is 0 Å². The van der Waals surface area contributed by atoms with Gasteiger partial charge in [0.05, 0.1) is 10.7 Å². The van der Waals surface area contributed by atoms with Gasteiger partial charge in [0.2, 0.25) is 5.91 Å². The smallest absolute Gasteiger partial charge is 0.224 e. The van der Waals surface area contributed by atoms with E-state index in [1.807, 2.05) is 36.1 Å². The van der Waals surface area contributed by atoms with E-state index in [9.17, 15) is 4.79 Å². The second-order valence-corrected chi connectivity index (χ2v) is 5.41. The normalized spacial score (nSPS) is 15.8. The van der Waals surface area contributed by atoms with Crippen molar-refractivity contribution in [2.24, 2.45) is 5.73 Å². The highest BCUT2D eigenvalue weighted by Gasteiger charge is 2.22. The fourth-order valence-electron chi connectivity index (χ4n) is 2.31. The molecule has 0 aliphatic carbocycles. The molecule has 1 aliphatic rings. The van der Waals surface area contributed by atoms with Gasteiger partial charge in [-0.2, -0.15) is 0 Å². The molecule has 1 heterocycles. The number of amides is 1. The summed E-state index contributed by atoms with van der Waals surface area (Å²) in [7, 11) is 0. The highest BCUT2D eigenvalue weighted by molar-refractivity contribution is 6.33. The van der Waals surface area contributed by atoms with E-state index < -0.39 is 0 Å². The van der Waals surface area contributed by atoms with Crippen molar-refractivity contribution in [1.29, 1.82) is 0 Å². The summed E-state index contributed by atoms with van der Waals surface area (Å²) in [5.74, 6) is 0.147. The van der Waals surface area contributed by atoms with Gasteiger partial charge in [-0.1, -0.05) is 23.7 Å². The summed E-state index contributed by atoms with van der Waals surface area (Å²) >= 11 is 6.19. The molecule has 1 aliphatic heterocycles. The van der Waals surface area contributed by atoms with Crippen LogP contribution in [-0.2, 0) is 4.79 Å². The summed E-state index contributed by atoms with van der Waals surface area (Å²) in [6.07, 6.45) is 0.423. The molecule has 1 amide bonds. The van der Waals surface area contributed by atoms with Crippen molar-refractivity contribution in [3.05, 3.63) is 29.3 Å². The van der Waals surface area contributed by atoms with E-state index in [1.165, 1.54) is 0 Å². The molecule has 120 valence electrons. The molecule has 7 heteroatoms. The molecule has 2 rings (SSSR count). The van der Waals surface area contributed by atoms with Gasteiger partial charge in [-0.25, -0.2) is 0 Å². The molecule has 0 saturated carbocycles. The minimum atomic E-state index is -0.0749. The van der Waals surface area contributed by atoms with Crippen molar-refractivity contribution in [2.75, 3.05) is 31.1 Å². The zero-order chi connectivity index (χ0) is 13.8. The molecule has 1 atom stereocenters. The molecule has 2 N–H and O–H groups in total. The largest absolute Gasteiger partial charge is 0.367 e. The molecule has 0 bridgehead atoms. The van der Waals surface area contributed by atoms with Gasteiger partial charge in [0.25, 0.3) is 0 Å². The number of nitrogens with zero attached hydrogens (tertiary/aromatic N) is 2. The van der Waals surface area contributed by atoms with E-state index in [4.69, 9.17) is 17.3 Å². The second-order valence-electron chi connectivity index (χ2n) is 5.00. The van der Waals surface area contributed by atoms with E-state index in [1.54, 1.807) is 0 Å². The second kappa shape index (κ2) is 9.36. The predicted molar refractivity (Wildman–Crippen MR) is 93.0 cm³/mol. The number of carbonyl (C=O) groups excluding carboxylic acids is 1. The van der Waals surface area contributed by atoms with Gasteiger partial charge in [0.1, 0.15) is 0 Å². The quantitative estimate of drug-likeness (QED) is 0.907. The topological polar surface area (TPSA) is 49.6 Å². The first-order chi connectivity index (χ1) is 9.08. The minimum Gasteiger partial charge on any atom is -0.367 e. The van der Waals surface area contributed by atoms with Crippen molar-refractivity contribution in [2.45, 2.75) is 19.4 Å². The van der Waals surface area contributed by atoms with Gasteiger partial charge in [-0.15, -0.1) is 24.8 Å². The third-order valence-electron chi connectivity index (χ3n) is 3.32. The number of piperazine rings is 1. The van der Waals surface area contributed by atoms with Crippen LogP contribution in [0.4, 0.5) is 5.69 Å². The van der Waals surface area contributed by atoms with Crippen LogP contribution in [0.25, 0.3) is 0 Å². The molecule has 1 aromatic carbocycles. The summed E-state index contributed by atoms with van der Waals surface area (Å²) in [4.78, 5) is 16.0. The maximum atomic E-state index is 11.9. The zero-order valence-corrected chi connectivity index (χ0v) is 14.4. The Morgan fingerprint density at radius 1 is 1.24 bits per heavy atom.